The lowest BCUT2D eigenvalue weighted by atomic mass is 10.1. The average molecular weight is 182 g/mol. The molecule has 12 heavy (non-hydrogen) atoms. The Balaban J connectivity index is 3.48. The molecule has 0 aromatic heterocycles. The molecule has 1 rings (SSSR count). The van der Waals surface area contributed by atoms with Crippen LogP contribution >= 0.6 is 0 Å². The van der Waals surface area contributed by atoms with Gasteiger partial charge in [0.1, 0.15) is 0 Å². The van der Waals surface area contributed by atoms with Gasteiger partial charge >= 0.3 is 0 Å². The fraction of sp³-hybridized carbons (Fsp3) is 0.333. The Morgan fingerprint density at radius 1 is 1.17 bits per heavy atom. The van der Waals surface area contributed by atoms with Crippen molar-refractivity contribution >= 4 is 10.6 Å². The molecule has 3 heteroatoms. The zero-order valence-corrected chi connectivity index (χ0v) is 8.29. The van der Waals surface area contributed by atoms with Gasteiger partial charge in [-0.05, 0) is 20.8 Å². The molecule has 0 fully saturated rings. The summed E-state index contributed by atoms with van der Waals surface area (Å²) in [5.74, 6) is 0. The third kappa shape index (κ3) is 1.67. The van der Waals surface area contributed by atoms with Gasteiger partial charge in [0.15, 0.2) is 0 Å². The standard InChI is InChI=1S/C9H12NOS/c1-6-4-7(2)9(12(10)11)8(3)5-6/h4-5,10H,1-3H3/q-1. The SMILES string of the molecule is Cc1cc(C)c([S-](=N)=O)c(C)c1. The molecule has 66 valence electrons. The summed E-state index contributed by atoms with van der Waals surface area (Å²) in [7, 11) is -1.61. The van der Waals surface area contributed by atoms with Crippen molar-refractivity contribution in [1.29, 1.82) is 4.78 Å². The van der Waals surface area contributed by atoms with E-state index in [2.05, 4.69) is 0 Å². The van der Waals surface area contributed by atoms with E-state index < -0.39 is 10.6 Å². The van der Waals surface area contributed by atoms with Crippen molar-refractivity contribution in [2.24, 2.45) is 0 Å². The van der Waals surface area contributed by atoms with Crippen LogP contribution in [0.1, 0.15) is 16.7 Å². The maximum atomic E-state index is 11.0. The Morgan fingerprint density at radius 2 is 1.58 bits per heavy atom. The van der Waals surface area contributed by atoms with Gasteiger partial charge in [-0.3, -0.25) is 0 Å². The summed E-state index contributed by atoms with van der Waals surface area (Å²) in [6.45, 7) is 5.78. The fourth-order valence-electron chi connectivity index (χ4n) is 1.46. The van der Waals surface area contributed by atoms with Gasteiger partial charge < -0.3 is 8.99 Å². The summed E-state index contributed by atoms with van der Waals surface area (Å²) in [5, 5.41) is 0. The van der Waals surface area contributed by atoms with Crippen molar-refractivity contribution < 1.29 is 4.21 Å². The quantitative estimate of drug-likeness (QED) is 0.666. The predicted octanol–water partition coefficient (Wildman–Crippen LogP) is 2.70. The van der Waals surface area contributed by atoms with E-state index in [1.54, 1.807) is 0 Å². The lowest BCUT2D eigenvalue weighted by molar-refractivity contribution is 0.598. The molecule has 0 aliphatic heterocycles. The highest BCUT2D eigenvalue weighted by Crippen LogP contribution is 2.17. The van der Waals surface area contributed by atoms with Crippen LogP contribution in [0.5, 0.6) is 0 Å². The van der Waals surface area contributed by atoms with Crippen LogP contribution in [0.3, 0.4) is 0 Å². The van der Waals surface area contributed by atoms with Crippen LogP contribution in [0.2, 0.25) is 0 Å². The van der Waals surface area contributed by atoms with Crippen LogP contribution in [-0.2, 0) is 14.8 Å². The molecule has 0 radical (unpaired) electrons. The smallest absolute Gasteiger partial charge is 0.0398 e. The zero-order valence-electron chi connectivity index (χ0n) is 7.47. The Morgan fingerprint density at radius 3 is 1.92 bits per heavy atom. The number of rotatable bonds is 1. The molecule has 1 aromatic rings. The lowest BCUT2D eigenvalue weighted by Gasteiger charge is -2.12. The summed E-state index contributed by atoms with van der Waals surface area (Å²) in [5.41, 5.74) is 3.04. The van der Waals surface area contributed by atoms with Crippen LogP contribution < -0.4 is 0 Å². The first-order chi connectivity index (χ1) is 5.52. The molecule has 0 amide bonds. The summed E-state index contributed by atoms with van der Waals surface area (Å²) in [6.07, 6.45) is 0. The van der Waals surface area contributed by atoms with E-state index in [0.29, 0.717) is 4.90 Å². The first-order valence-corrected chi connectivity index (χ1v) is 4.88. The van der Waals surface area contributed by atoms with E-state index >= 15 is 0 Å². The van der Waals surface area contributed by atoms with Crippen molar-refractivity contribution in [2.75, 3.05) is 0 Å². The third-order valence-electron chi connectivity index (χ3n) is 1.79. The van der Waals surface area contributed by atoms with Crippen LogP contribution in [0.25, 0.3) is 0 Å². The molecule has 0 spiro atoms. The maximum absolute atomic E-state index is 11.0. The highest BCUT2D eigenvalue weighted by molar-refractivity contribution is 7.73. The van der Waals surface area contributed by atoms with Gasteiger partial charge in [-0.1, -0.05) is 33.7 Å². The Hall–Kier alpha value is -0.830. The van der Waals surface area contributed by atoms with Crippen molar-refractivity contribution in [2.45, 2.75) is 25.7 Å². The molecule has 1 aromatic carbocycles. The van der Waals surface area contributed by atoms with E-state index in [1.165, 1.54) is 0 Å². The van der Waals surface area contributed by atoms with Crippen LogP contribution in [0, 0.1) is 25.6 Å². The van der Waals surface area contributed by atoms with Crippen LogP contribution in [0.4, 0.5) is 0 Å². The molecule has 2 nitrogen and oxygen atoms in total. The molecular formula is C9H12NOS-. The van der Waals surface area contributed by atoms with Crippen molar-refractivity contribution in [3.05, 3.63) is 28.8 Å². The van der Waals surface area contributed by atoms with Gasteiger partial charge in [-0.15, -0.1) is 0 Å². The number of aryl methyl sites for hydroxylation is 3. The van der Waals surface area contributed by atoms with Crippen LogP contribution in [-0.4, -0.2) is 0 Å². The molecule has 0 unspecified atom stereocenters. The number of benzene rings is 1. The van der Waals surface area contributed by atoms with Crippen molar-refractivity contribution in [3.63, 3.8) is 0 Å². The number of nitrogens with one attached hydrogen (secondary N) is 1. The monoisotopic (exact) mass is 182 g/mol. The van der Waals surface area contributed by atoms with Crippen molar-refractivity contribution in [1.82, 2.24) is 0 Å². The van der Waals surface area contributed by atoms with E-state index in [4.69, 9.17) is 4.78 Å². The molecule has 0 saturated carbocycles. The first-order valence-electron chi connectivity index (χ1n) is 3.73. The van der Waals surface area contributed by atoms with Crippen LogP contribution in [0.15, 0.2) is 17.0 Å². The van der Waals surface area contributed by atoms with Gasteiger partial charge in [0.25, 0.3) is 0 Å². The summed E-state index contributed by atoms with van der Waals surface area (Å²) < 4.78 is 18.1. The minimum absolute atomic E-state index is 0.653. The molecule has 0 bridgehead atoms. The second-order valence-electron chi connectivity index (χ2n) is 3.00. The van der Waals surface area contributed by atoms with E-state index in [9.17, 15) is 4.21 Å². The lowest BCUT2D eigenvalue weighted by Crippen LogP contribution is -1.90. The molecule has 0 saturated heterocycles. The largest absolute Gasteiger partial charge is 0.440 e. The molecule has 0 aliphatic carbocycles. The molecule has 0 atom stereocenters. The van der Waals surface area contributed by atoms with E-state index in [1.807, 2.05) is 32.9 Å². The second kappa shape index (κ2) is 3.27. The Kier molecular flexibility index (Phi) is 2.52. The van der Waals surface area contributed by atoms with Gasteiger partial charge in [0, 0.05) is 0 Å². The minimum Gasteiger partial charge on any atom is -0.440 e. The molecule has 1 N–H and O–H groups in total. The third-order valence-corrected chi connectivity index (χ3v) is 2.80. The van der Waals surface area contributed by atoms with E-state index in [0.717, 1.165) is 16.7 Å². The Labute approximate surface area is 74.6 Å². The van der Waals surface area contributed by atoms with Crippen molar-refractivity contribution in [3.8, 4) is 0 Å². The maximum Gasteiger partial charge on any atom is -0.0398 e. The van der Waals surface area contributed by atoms with Gasteiger partial charge in [0.05, 0.1) is 0 Å². The topological polar surface area (TPSA) is 40.9 Å². The van der Waals surface area contributed by atoms with Gasteiger partial charge in [0.2, 0.25) is 0 Å². The fourth-order valence-corrected chi connectivity index (χ4v) is 2.16. The van der Waals surface area contributed by atoms with Gasteiger partial charge in [-0.25, -0.2) is 0 Å². The predicted molar refractivity (Wildman–Crippen MR) is 49.7 cm³/mol. The molecular weight excluding hydrogens is 170 g/mol. The average Bonchev–Trinajstić information content (AvgIpc) is 1.82. The number of hydrogen-bond donors (Lipinski definition) is 1. The normalized spacial score (nSPS) is 10.7. The minimum atomic E-state index is -1.61. The highest BCUT2D eigenvalue weighted by Gasteiger charge is 1.96. The zero-order chi connectivity index (χ0) is 9.30. The summed E-state index contributed by atoms with van der Waals surface area (Å²) in [6, 6.07) is 3.91. The molecule has 0 aliphatic rings. The number of hydrogen-bond acceptors (Lipinski definition) is 3. The van der Waals surface area contributed by atoms with E-state index in [-0.39, 0.29) is 0 Å². The highest BCUT2D eigenvalue weighted by atomic mass is 32.2. The second-order valence-corrected chi connectivity index (χ2v) is 3.94. The van der Waals surface area contributed by atoms with Gasteiger partial charge in [-0.2, -0.15) is 10.6 Å². The molecule has 0 heterocycles. The Bertz CT molecular complexity index is 349. The summed E-state index contributed by atoms with van der Waals surface area (Å²) >= 11 is 0. The first kappa shape index (κ1) is 9.26. The summed E-state index contributed by atoms with van der Waals surface area (Å²) in [4.78, 5) is 0.653.